The SMILES string of the molecule is COc1ccc(NC(=O)CN2C(=O)NC3(CCOc4ccccc43)C2=O)cc1S(=O)(=O)N(C)C. The van der Waals surface area contributed by atoms with Crippen molar-refractivity contribution in [3.8, 4) is 11.5 Å². The Bertz CT molecular complexity index is 1280. The van der Waals surface area contributed by atoms with Gasteiger partial charge in [-0.05, 0) is 24.3 Å². The fraction of sp³-hybridized carbons (Fsp3) is 0.318. The number of methoxy groups -OCH3 is 1. The average molecular weight is 489 g/mol. The van der Waals surface area contributed by atoms with Crippen LogP contribution in [0.5, 0.6) is 11.5 Å². The van der Waals surface area contributed by atoms with Gasteiger partial charge in [-0.2, -0.15) is 0 Å². The first-order valence-corrected chi connectivity index (χ1v) is 11.8. The van der Waals surface area contributed by atoms with Crippen molar-refractivity contribution in [3.63, 3.8) is 0 Å². The van der Waals surface area contributed by atoms with E-state index in [0.29, 0.717) is 11.3 Å². The molecule has 2 aliphatic heterocycles. The average Bonchev–Trinajstić information content (AvgIpc) is 3.03. The Balaban J connectivity index is 1.55. The zero-order valence-corrected chi connectivity index (χ0v) is 19.6. The molecule has 4 rings (SSSR count). The molecule has 2 aromatic carbocycles. The highest BCUT2D eigenvalue weighted by atomic mass is 32.2. The van der Waals surface area contributed by atoms with Crippen molar-refractivity contribution in [2.75, 3.05) is 39.7 Å². The Morgan fingerprint density at radius 2 is 1.97 bits per heavy atom. The molecule has 2 N–H and O–H groups in total. The number of nitrogens with one attached hydrogen (secondary N) is 2. The zero-order chi connectivity index (χ0) is 24.7. The Labute approximate surface area is 196 Å². The number of amides is 4. The molecular formula is C22H24N4O7S. The van der Waals surface area contributed by atoms with E-state index in [4.69, 9.17) is 9.47 Å². The topological polar surface area (TPSA) is 134 Å². The maximum atomic E-state index is 13.3. The van der Waals surface area contributed by atoms with Crippen LogP contribution in [0, 0.1) is 0 Å². The summed E-state index contributed by atoms with van der Waals surface area (Å²) >= 11 is 0. The van der Waals surface area contributed by atoms with Gasteiger partial charge in [0, 0.05) is 31.8 Å². The molecule has 34 heavy (non-hydrogen) atoms. The maximum Gasteiger partial charge on any atom is 0.325 e. The molecule has 4 amide bonds. The molecule has 2 aliphatic rings. The lowest BCUT2D eigenvalue weighted by Gasteiger charge is -2.33. The third-order valence-electron chi connectivity index (χ3n) is 5.76. The second-order valence-corrected chi connectivity index (χ2v) is 10.1. The van der Waals surface area contributed by atoms with Crippen LogP contribution in [0.25, 0.3) is 0 Å². The number of sulfonamides is 1. The number of hydrogen-bond donors (Lipinski definition) is 2. The number of imide groups is 1. The number of fused-ring (bicyclic) bond motifs is 2. The van der Waals surface area contributed by atoms with Gasteiger partial charge in [0.15, 0.2) is 5.54 Å². The van der Waals surface area contributed by atoms with Crippen LogP contribution >= 0.6 is 0 Å². The van der Waals surface area contributed by atoms with Gasteiger partial charge < -0.3 is 20.1 Å². The predicted octanol–water partition coefficient (Wildman–Crippen LogP) is 1.11. The molecule has 1 fully saturated rings. The molecule has 180 valence electrons. The smallest absolute Gasteiger partial charge is 0.325 e. The molecule has 2 aromatic rings. The molecule has 2 heterocycles. The Hall–Kier alpha value is -3.64. The molecule has 0 radical (unpaired) electrons. The van der Waals surface area contributed by atoms with Gasteiger partial charge in [-0.15, -0.1) is 0 Å². The molecule has 0 bridgehead atoms. The summed E-state index contributed by atoms with van der Waals surface area (Å²) < 4.78 is 37.0. The third-order valence-corrected chi connectivity index (χ3v) is 7.60. The highest BCUT2D eigenvalue weighted by molar-refractivity contribution is 7.89. The van der Waals surface area contributed by atoms with E-state index in [0.717, 1.165) is 9.21 Å². The summed E-state index contributed by atoms with van der Waals surface area (Å²) in [5.41, 5.74) is -0.583. The number of carbonyl (C=O) groups is 3. The molecule has 11 nitrogen and oxygen atoms in total. The lowest BCUT2D eigenvalue weighted by molar-refractivity contribution is -0.135. The second kappa shape index (κ2) is 8.61. The largest absolute Gasteiger partial charge is 0.495 e. The lowest BCUT2D eigenvalue weighted by Crippen LogP contribution is -2.48. The van der Waals surface area contributed by atoms with Crippen LogP contribution in [0.1, 0.15) is 12.0 Å². The molecule has 12 heteroatoms. The van der Waals surface area contributed by atoms with Crippen molar-refractivity contribution in [2.24, 2.45) is 0 Å². The first-order chi connectivity index (χ1) is 16.1. The number of nitrogens with zero attached hydrogens (tertiary/aromatic N) is 2. The fourth-order valence-electron chi connectivity index (χ4n) is 4.01. The fourth-order valence-corrected chi connectivity index (χ4v) is 5.09. The minimum atomic E-state index is -3.85. The lowest BCUT2D eigenvalue weighted by atomic mass is 9.84. The summed E-state index contributed by atoms with van der Waals surface area (Å²) in [6, 6.07) is 10.4. The number of carbonyl (C=O) groups excluding carboxylic acids is 3. The van der Waals surface area contributed by atoms with E-state index in [2.05, 4.69) is 10.6 Å². The number of ether oxygens (including phenoxy) is 2. The van der Waals surface area contributed by atoms with Crippen molar-refractivity contribution in [1.29, 1.82) is 0 Å². The minimum Gasteiger partial charge on any atom is -0.495 e. The van der Waals surface area contributed by atoms with Crippen LogP contribution in [0.2, 0.25) is 0 Å². The molecule has 1 saturated heterocycles. The highest BCUT2D eigenvalue weighted by Gasteiger charge is 2.55. The Morgan fingerprint density at radius 3 is 2.68 bits per heavy atom. The van der Waals surface area contributed by atoms with Gasteiger partial charge in [-0.25, -0.2) is 17.5 Å². The van der Waals surface area contributed by atoms with E-state index in [1.807, 2.05) is 0 Å². The molecule has 0 saturated carbocycles. The van der Waals surface area contributed by atoms with Crippen molar-refractivity contribution < 1.29 is 32.3 Å². The summed E-state index contributed by atoms with van der Waals surface area (Å²) in [5.74, 6) is -0.601. The van der Waals surface area contributed by atoms with Crippen LogP contribution in [-0.2, 0) is 25.2 Å². The highest BCUT2D eigenvalue weighted by Crippen LogP contribution is 2.41. The predicted molar refractivity (Wildman–Crippen MR) is 121 cm³/mol. The summed E-state index contributed by atoms with van der Waals surface area (Å²) in [5, 5.41) is 5.27. The van der Waals surface area contributed by atoms with Gasteiger partial charge in [-0.1, -0.05) is 18.2 Å². The van der Waals surface area contributed by atoms with Crippen LogP contribution < -0.4 is 20.1 Å². The second-order valence-electron chi connectivity index (χ2n) is 8.02. The van der Waals surface area contributed by atoms with Gasteiger partial charge in [0.1, 0.15) is 22.9 Å². The van der Waals surface area contributed by atoms with E-state index in [1.54, 1.807) is 24.3 Å². The summed E-state index contributed by atoms with van der Waals surface area (Å²) in [7, 11) is 0.243. The maximum absolute atomic E-state index is 13.3. The molecule has 1 unspecified atom stereocenters. The Morgan fingerprint density at radius 1 is 1.24 bits per heavy atom. The van der Waals surface area contributed by atoms with Gasteiger partial charge in [0.2, 0.25) is 15.9 Å². The number of hydrogen-bond acceptors (Lipinski definition) is 7. The molecule has 0 aliphatic carbocycles. The first kappa shape index (κ1) is 23.5. The number of urea groups is 1. The van der Waals surface area contributed by atoms with Crippen LogP contribution in [0.3, 0.4) is 0 Å². The summed E-state index contributed by atoms with van der Waals surface area (Å²) in [6.07, 6.45) is 0.233. The zero-order valence-electron chi connectivity index (χ0n) is 18.8. The van der Waals surface area contributed by atoms with E-state index >= 15 is 0 Å². The standard InChI is InChI=1S/C22H24N4O7S/c1-25(2)34(30,31)18-12-14(8-9-17(18)32-3)23-19(27)13-26-20(28)22(24-21(26)29)10-11-33-16-7-5-4-6-15(16)22/h4-9,12H,10-11,13H2,1-3H3,(H,23,27)(H,24,29). The monoisotopic (exact) mass is 488 g/mol. The number of para-hydroxylation sites is 1. The van der Waals surface area contributed by atoms with Gasteiger partial charge >= 0.3 is 6.03 Å². The summed E-state index contributed by atoms with van der Waals surface area (Å²) in [6.45, 7) is -0.310. The Kier molecular flexibility index (Phi) is 5.96. The minimum absolute atomic E-state index is 0.112. The third kappa shape index (κ3) is 3.84. The van der Waals surface area contributed by atoms with E-state index in [9.17, 15) is 22.8 Å². The van der Waals surface area contributed by atoms with Crippen molar-refractivity contribution in [1.82, 2.24) is 14.5 Å². The van der Waals surface area contributed by atoms with Crippen LogP contribution in [0.4, 0.5) is 10.5 Å². The van der Waals surface area contributed by atoms with E-state index < -0.39 is 40.0 Å². The van der Waals surface area contributed by atoms with Gasteiger partial charge in [0.05, 0.1) is 13.7 Å². The van der Waals surface area contributed by atoms with E-state index in [1.165, 1.54) is 39.4 Å². The number of benzene rings is 2. The van der Waals surface area contributed by atoms with Crippen LogP contribution in [0.15, 0.2) is 47.4 Å². The number of anilines is 1. The van der Waals surface area contributed by atoms with Gasteiger partial charge in [-0.3, -0.25) is 14.5 Å². The van der Waals surface area contributed by atoms with Crippen molar-refractivity contribution in [2.45, 2.75) is 16.9 Å². The van der Waals surface area contributed by atoms with Crippen molar-refractivity contribution >= 4 is 33.6 Å². The molecule has 1 spiro atoms. The molecule has 1 atom stereocenters. The van der Waals surface area contributed by atoms with E-state index in [-0.39, 0.29) is 29.4 Å². The quantitative estimate of drug-likeness (QED) is 0.582. The summed E-state index contributed by atoms with van der Waals surface area (Å²) in [4.78, 5) is 39.4. The normalized spacial score (nSPS) is 19.6. The molecular weight excluding hydrogens is 464 g/mol. The first-order valence-electron chi connectivity index (χ1n) is 10.4. The van der Waals surface area contributed by atoms with Crippen molar-refractivity contribution in [3.05, 3.63) is 48.0 Å². The van der Waals surface area contributed by atoms with Gasteiger partial charge in [0.25, 0.3) is 5.91 Å². The number of rotatable bonds is 6. The molecule has 0 aromatic heterocycles. The van der Waals surface area contributed by atoms with Crippen LogP contribution in [-0.4, -0.2) is 69.8 Å².